The predicted molar refractivity (Wildman–Crippen MR) is 85.4 cm³/mol. The minimum atomic E-state index is -3.78. The van der Waals surface area contributed by atoms with Crippen LogP contribution in [0.25, 0.3) is 0 Å². The van der Waals surface area contributed by atoms with Crippen LogP contribution in [0, 0.1) is 5.92 Å². The molecule has 1 aliphatic heterocycles. The van der Waals surface area contributed by atoms with Crippen LogP contribution in [0.5, 0.6) is 0 Å². The molecule has 0 aromatic heterocycles. The Morgan fingerprint density at radius 3 is 2.38 bits per heavy atom. The molecular weight excluding hydrogens is 401 g/mol. The summed E-state index contributed by atoms with van der Waals surface area (Å²) in [5.74, 6) is 0.469. The second-order valence-corrected chi connectivity index (χ2v) is 8.77. The third-order valence-electron chi connectivity index (χ3n) is 3.76. The van der Waals surface area contributed by atoms with Crippen molar-refractivity contribution in [3.63, 3.8) is 0 Å². The summed E-state index contributed by atoms with van der Waals surface area (Å²) in [4.78, 5) is -0.0736. The van der Waals surface area contributed by atoms with Crippen molar-refractivity contribution in [2.45, 2.75) is 36.3 Å². The third-order valence-corrected chi connectivity index (χ3v) is 6.63. The summed E-state index contributed by atoms with van der Waals surface area (Å²) in [6.45, 7) is 0.580. The fourth-order valence-electron chi connectivity index (χ4n) is 2.67. The minimum Gasteiger partial charge on any atom is -0.376 e. The van der Waals surface area contributed by atoms with Gasteiger partial charge >= 0.3 is 0 Å². The van der Waals surface area contributed by atoms with Gasteiger partial charge in [0.15, 0.2) is 0 Å². The van der Waals surface area contributed by atoms with Crippen LogP contribution in [0.15, 0.2) is 21.5 Å². The Labute approximate surface area is 142 Å². The Kier molecular flexibility index (Phi) is 4.56. The van der Waals surface area contributed by atoms with Gasteiger partial charge in [0, 0.05) is 11.1 Å². The molecule has 2 atom stereocenters. The van der Waals surface area contributed by atoms with Crippen LogP contribution in [-0.2, 0) is 14.8 Å². The minimum absolute atomic E-state index is 0.0345. The fraction of sp³-hybridized carbons (Fsp3) is 0.538. The molecule has 1 aliphatic carbocycles. The molecule has 8 heteroatoms. The molecule has 2 fully saturated rings. The average Bonchev–Trinajstić information content (AvgIpc) is 3.08. The highest BCUT2D eigenvalue weighted by atomic mass is 79.9. The van der Waals surface area contributed by atoms with E-state index in [0.29, 0.717) is 23.4 Å². The summed E-state index contributed by atoms with van der Waals surface area (Å²) in [7, 11) is -3.78. The molecule has 1 saturated carbocycles. The van der Waals surface area contributed by atoms with Crippen LogP contribution in [0.3, 0.4) is 0 Å². The third kappa shape index (κ3) is 3.41. The van der Waals surface area contributed by atoms with Gasteiger partial charge in [-0.2, -0.15) is 0 Å². The van der Waals surface area contributed by atoms with E-state index in [1.807, 2.05) is 0 Å². The van der Waals surface area contributed by atoms with E-state index in [0.717, 1.165) is 12.8 Å². The molecule has 1 N–H and O–H groups in total. The van der Waals surface area contributed by atoms with Crippen LogP contribution in [0.4, 0.5) is 0 Å². The lowest BCUT2D eigenvalue weighted by molar-refractivity contribution is 0.0848. The van der Waals surface area contributed by atoms with Crippen molar-refractivity contribution in [3.05, 3.63) is 26.7 Å². The van der Waals surface area contributed by atoms with Gasteiger partial charge in [0.2, 0.25) is 10.0 Å². The van der Waals surface area contributed by atoms with Crippen LogP contribution in [0.1, 0.15) is 19.3 Å². The molecule has 1 aromatic rings. The molecule has 0 bridgehead atoms. The number of benzene rings is 1. The van der Waals surface area contributed by atoms with Crippen LogP contribution in [-0.4, -0.2) is 27.2 Å². The first kappa shape index (κ1) is 16.0. The summed E-state index contributed by atoms with van der Waals surface area (Å²) >= 11 is 15.3. The highest BCUT2D eigenvalue weighted by Crippen LogP contribution is 2.40. The molecule has 2 aliphatic rings. The quantitative estimate of drug-likeness (QED) is 0.818. The smallest absolute Gasteiger partial charge is 0.243 e. The number of ether oxygens (including phenoxy) is 1. The van der Waals surface area contributed by atoms with Gasteiger partial charge in [-0.1, -0.05) is 39.1 Å². The molecule has 0 amide bonds. The van der Waals surface area contributed by atoms with Crippen LogP contribution >= 0.6 is 39.1 Å². The maximum Gasteiger partial charge on any atom is 0.243 e. The van der Waals surface area contributed by atoms with Crippen molar-refractivity contribution in [2.75, 3.05) is 6.61 Å². The van der Waals surface area contributed by atoms with E-state index in [4.69, 9.17) is 27.9 Å². The normalized spacial score (nSPS) is 26.2. The van der Waals surface area contributed by atoms with Crippen LogP contribution in [0.2, 0.25) is 10.0 Å². The van der Waals surface area contributed by atoms with E-state index >= 15 is 0 Å². The first-order valence-electron chi connectivity index (χ1n) is 6.67. The van der Waals surface area contributed by atoms with Gasteiger partial charge in [0.1, 0.15) is 4.90 Å². The van der Waals surface area contributed by atoms with Crippen LogP contribution < -0.4 is 4.72 Å². The van der Waals surface area contributed by atoms with Gasteiger partial charge in [-0.15, -0.1) is 0 Å². The average molecular weight is 415 g/mol. The first-order chi connectivity index (χ1) is 9.88. The lowest BCUT2D eigenvalue weighted by atomic mass is 10.1. The predicted octanol–water partition coefficient (Wildman–Crippen LogP) is 3.60. The number of halogens is 3. The van der Waals surface area contributed by atoms with Gasteiger partial charge in [-0.3, -0.25) is 0 Å². The molecule has 1 heterocycles. The Bertz CT molecular complexity index is 640. The molecule has 4 nitrogen and oxygen atoms in total. The van der Waals surface area contributed by atoms with Crippen molar-refractivity contribution < 1.29 is 13.2 Å². The lowest BCUT2D eigenvalue weighted by Gasteiger charge is -2.20. The fourth-order valence-corrected chi connectivity index (χ4v) is 5.89. The summed E-state index contributed by atoms with van der Waals surface area (Å²) in [5, 5.41) is 0.201. The van der Waals surface area contributed by atoms with Crippen molar-refractivity contribution >= 4 is 49.2 Å². The van der Waals surface area contributed by atoms with Gasteiger partial charge in [-0.05, 0) is 37.3 Å². The number of rotatable bonds is 4. The monoisotopic (exact) mass is 413 g/mol. The largest absolute Gasteiger partial charge is 0.376 e. The second kappa shape index (κ2) is 5.98. The molecule has 1 saturated heterocycles. The zero-order chi connectivity index (χ0) is 15.2. The highest BCUT2D eigenvalue weighted by Gasteiger charge is 2.42. The Hall–Kier alpha value is 0.150. The SMILES string of the molecule is O=S(=O)(NC1CCOC1C1CC1)c1c(Cl)cc(Br)cc1Cl. The van der Waals surface area contributed by atoms with Gasteiger partial charge in [0.05, 0.1) is 22.2 Å². The van der Waals surface area contributed by atoms with Gasteiger partial charge in [-0.25, -0.2) is 13.1 Å². The van der Waals surface area contributed by atoms with Crippen molar-refractivity contribution in [1.29, 1.82) is 0 Å². The lowest BCUT2D eigenvalue weighted by Crippen LogP contribution is -2.41. The first-order valence-corrected chi connectivity index (χ1v) is 9.70. The second-order valence-electron chi connectivity index (χ2n) is 5.39. The molecule has 0 spiro atoms. The maximum atomic E-state index is 12.6. The Morgan fingerprint density at radius 1 is 1.19 bits per heavy atom. The van der Waals surface area contributed by atoms with E-state index in [-0.39, 0.29) is 27.1 Å². The molecular formula is C13H14BrCl2NO3S. The molecule has 3 rings (SSSR count). The van der Waals surface area contributed by atoms with Gasteiger partial charge in [0.25, 0.3) is 0 Å². The summed E-state index contributed by atoms with van der Waals surface area (Å²) in [6, 6.07) is 2.83. The molecule has 2 unspecified atom stereocenters. The maximum absolute atomic E-state index is 12.6. The zero-order valence-corrected chi connectivity index (χ0v) is 14.9. The molecule has 1 aromatic carbocycles. The van der Waals surface area contributed by atoms with Crippen molar-refractivity contribution in [3.8, 4) is 0 Å². The topological polar surface area (TPSA) is 55.4 Å². The van der Waals surface area contributed by atoms with Crippen molar-refractivity contribution in [1.82, 2.24) is 4.72 Å². The molecule has 21 heavy (non-hydrogen) atoms. The highest BCUT2D eigenvalue weighted by molar-refractivity contribution is 9.10. The van der Waals surface area contributed by atoms with Crippen molar-refractivity contribution in [2.24, 2.45) is 5.92 Å². The number of hydrogen-bond donors (Lipinski definition) is 1. The molecule has 116 valence electrons. The van der Waals surface area contributed by atoms with E-state index in [1.165, 1.54) is 12.1 Å². The summed E-state index contributed by atoms with van der Waals surface area (Å²) < 4.78 is 34.2. The summed E-state index contributed by atoms with van der Waals surface area (Å²) in [5.41, 5.74) is 0. The summed E-state index contributed by atoms with van der Waals surface area (Å²) in [6.07, 6.45) is 2.84. The molecule has 0 radical (unpaired) electrons. The Balaban J connectivity index is 1.87. The zero-order valence-electron chi connectivity index (χ0n) is 11.0. The van der Waals surface area contributed by atoms with Gasteiger partial charge < -0.3 is 4.74 Å². The number of sulfonamides is 1. The van der Waals surface area contributed by atoms with E-state index in [9.17, 15) is 8.42 Å². The van der Waals surface area contributed by atoms with E-state index in [2.05, 4.69) is 20.7 Å². The van der Waals surface area contributed by atoms with E-state index in [1.54, 1.807) is 0 Å². The Morgan fingerprint density at radius 2 is 1.81 bits per heavy atom. The number of nitrogens with one attached hydrogen (secondary N) is 1. The van der Waals surface area contributed by atoms with E-state index < -0.39 is 10.0 Å². The number of hydrogen-bond acceptors (Lipinski definition) is 3. The standard InChI is InChI=1S/C13H14BrCl2NO3S/c14-8-5-9(15)13(10(16)6-8)21(18,19)17-11-3-4-20-12(11)7-1-2-7/h5-7,11-12,17H,1-4H2.